The average Bonchev–Trinajstić information content (AvgIpc) is 2.41. The molecule has 0 bridgehead atoms. The maximum atomic E-state index is 8.60. The van der Waals surface area contributed by atoms with Crippen LogP contribution in [0.15, 0.2) is 29.4 Å². The average molecular weight is 261 g/mol. The van der Waals surface area contributed by atoms with Gasteiger partial charge < -0.3 is 16.3 Å². The zero-order chi connectivity index (χ0) is 13.7. The van der Waals surface area contributed by atoms with E-state index in [2.05, 4.69) is 17.4 Å². The van der Waals surface area contributed by atoms with Crippen LogP contribution in [0.25, 0.3) is 0 Å². The molecule has 0 atom stereocenters. The van der Waals surface area contributed by atoms with Crippen LogP contribution in [0.2, 0.25) is 0 Å². The molecule has 0 aliphatic heterocycles. The quantitative estimate of drug-likeness (QED) is 0.319. The molecule has 1 aromatic carbocycles. The first-order chi connectivity index (χ1) is 9.19. The van der Waals surface area contributed by atoms with Crippen LogP contribution in [0.4, 0.5) is 0 Å². The van der Waals surface area contributed by atoms with E-state index in [0.717, 1.165) is 18.7 Å². The molecular formula is C15H23N3O. The predicted octanol–water partition coefficient (Wildman–Crippen LogP) is 2.45. The van der Waals surface area contributed by atoms with Crippen LogP contribution >= 0.6 is 0 Å². The third-order valence-corrected chi connectivity index (χ3v) is 4.35. The van der Waals surface area contributed by atoms with Gasteiger partial charge in [-0.05, 0) is 30.2 Å². The summed E-state index contributed by atoms with van der Waals surface area (Å²) in [6, 6.07) is 7.79. The van der Waals surface area contributed by atoms with Gasteiger partial charge in [0.05, 0.1) is 0 Å². The molecule has 19 heavy (non-hydrogen) atoms. The molecule has 0 spiro atoms. The molecule has 4 heteroatoms. The number of nitrogens with two attached hydrogens (primary N) is 1. The van der Waals surface area contributed by atoms with Gasteiger partial charge in [-0.15, -0.1) is 0 Å². The zero-order valence-corrected chi connectivity index (χ0v) is 11.5. The molecule has 0 radical (unpaired) electrons. The van der Waals surface area contributed by atoms with E-state index in [-0.39, 0.29) is 5.84 Å². The van der Waals surface area contributed by atoms with Gasteiger partial charge >= 0.3 is 0 Å². The maximum Gasteiger partial charge on any atom is 0.170 e. The predicted molar refractivity (Wildman–Crippen MR) is 77.2 cm³/mol. The van der Waals surface area contributed by atoms with Crippen molar-refractivity contribution in [3.63, 3.8) is 0 Å². The Bertz CT molecular complexity index is 430. The van der Waals surface area contributed by atoms with E-state index in [1.807, 2.05) is 24.3 Å². The summed E-state index contributed by atoms with van der Waals surface area (Å²) in [5.74, 6) is 0.152. The Balaban J connectivity index is 1.83. The zero-order valence-electron chi connectivity index (χ0n) is 11.5. The Morgan fingerprint density at radius 2 is 2.05 bits per heavy atom. The van der Waals surface area contributed by atoms with Gasteiger partial charge in [0.2, 0.25) is 0 Å². The Morgan fingerprint density at radius 1 is 1.37 bits per heavy atom. The number of hydrogen-bond acceptors (Lipinski definition) is 3. The van der Waals surface area contributed by atoms with Gasteiger partial charge in [0.15, 0.2) is 5.84 Å². The Kier molecular flexibility index (Phi) is 4.43. The van der Waals surface area contributed by atoms with Crippen molar-refractivity contribution in [1.29, 1.82) is 0 Å². The molecule has 1 saturated carbocycles. The van der Waals surface area contributed by atoms with E-state index in [4.69, 9.17) is 10.9 Å². The Hall–Kier alpha value is -1.55. The molecule has 1 aliphatic rings. The van der Waals surface area contributed by atoms with Crippen LogP contribution in [0, 0.1) is 5.41 Å². The van der Waals surface area contributed by atoms with Crippen molar-refractivity contribution in [2.45, 2.75) is 39.2 Å². The number of benzene rings is 1. The van der Waals surface area contributed by atoms with E-state index in [9.17, 15) is 0 Å². The first-order valence-electron chi connectivity index (χ1n) is 6.97. The summed E-state index contributed by atoms with van der Waals surface area (Å²) in [4.78, 5) is 0. The van der Waals surface area contributed by atoms with Gasteiger partial charge in [0.25, 0.3) is 0 Å². The molecule has 2 rings (SSSR count). The van der Waals surface area contributed by atoms with Crippen LogP contribution in [0.5, 0.6) is 0 Å². The van der Waals surface area contributed by atoms with Crippen molar-refractivity contribution in [1.82, 2.24) is 5.32 Å². The van der Waals surface area contributed by atoms with E-state index < -0.39 is 0 Å². The van der Waals surface area contributed by atoms with Crippen molar-refractivity contribution < 1.29 is 5.21 Å². The fraction of sp³-hybridized carbons (Fsp3) is 0.533. The second-order valence-corrected chi connectivity index (χ2v) is 5.49. The second kappa shape index (κ2) is 6.06. The fourth-order valence-corrected chi connectivity index (χ4v) is 2.66. The third-order valence-electron chi connectivity index (χ3n) is 4.35. The second-order valence-electron chi connectivity index (χ2n) is 5.49. The molecule has 0 unspecified atom stereocenters. The van der Waals surface area contributed by atoms with E-state index in [1.165, 1.54) is 31.2 Å². The van der Waals surface area contributed by atoms with Crippen molar-refractivity contribution in [3.8, 4) is 0 Å². The van der Waals surface area contributed by atoms with Gasteiger partial charge in [0, 0.05) is 18.7 Å². The minimum Gasteiger partial charge on any atom is -0.409 e. The molecule has 4 N–H and O–H groups in total. The first-order valence-corrected chi connectivity index (χ1v) is 6.97. The highest BCUT2D eigenvalue weighted by atomic mass is 16.4. The van der Waals surface area contributed by atoms with Gasteiger partial charge in [-0.1, -0.05) is 42.8 Å². The lowest BCUT2D eigenvalue weighted by Gasteiger charge is -2.41. The summed E-state index contributed by atoms with van der Waals surface area (Å²) in [7, 11) is 0. The number of oxime groups is 1. The van der Waals surface area contributed by atoms with E-state index in [1.54, 1.807) is 0 Å². The van der Waals surface area contributed by atoms with E-state index >= 15 is 0 Å². The van der Waals surface area contributed by atoms with Crippen molar-refractivity contribution in [3.05, 3.63) is 35.4 Å². The molecule has 104 valence electrons. The van der Waals surface area contributed by atoms with Crippen molar-refractivity contribution in [2.24, 2.45) is 16.3 Å². The monoisotopic (exact) mass is 261 g/mol. The van der Waals surface area contributed by atoms with Crippen LogP contribution in [-0.4, -0.2) is 17.6 Å². The molecule has 1 aliphatic carbocycles. The summed E-state index contributed by atoms with van der Waals surface area (Å²) in [6.07, 6.45) is 5.37. The lowest BCUT2D eigenvalue weighted by atomic mass is 9.67. The van der Waals surface area contributed by atoms with Crippen molar-refractivity contribution in [2.75, 3.05) is 6.54 Å². The molecule has 4 nitrogen and oxygen atoms in total. The summed E-state index contributed by atoms with van der Waals surface area (Å²) in [6.45, 7) is 4.26. The lowest BCUT2D eigenvalue weighted by molar-refractivity contribution is 0.124. The van der Waals surface area contributed by atoms with Gasteiger partial charge in [-0.25, -0.2) is 0 Å². The summed E-state index contributed by atoms with van der Waals surface area (Å²) < 4.78 is 0. The van der Waals surface area contributed by atoms with Gasteiger partial charge in [-0.3, -0.25) is 0 Å². The smallest absolute Gasteiger partial charge is 0.170 e. The van der Waals surface area contributed by atoms with Crippen LogP contribution < -0.4 is 11.1 Å². The molecule has 0 saturated heterocycles. The minimum atomic E-state index is 0.152. The minimum absolute atomic E-state index is 0.152. The molecular weight excluding hydrogens is 238 g/mol. The largest absolute Gasteiger partial charge is 0.409 e. The number of nitrogens with one attached hydrogen (secondary N) is 1. The lowest BCUT2D eigenvalue weighted by Crippen LogP contribution is -2.39. The Labute approximate surface area is 114 Å². The highest BCUT2D eigenvalue weighted by molar-refractivity contribution is 5.96. The van der Waals surface area contributed by atoms with Crippen LogP contribution in [-0.2, 0) is 6.54 Å². The SMILES string of the molecule is CCC1(CNCc2ccc(/C(N)=N/O)cc2)CCC1. The highest BCUT2D eigenvalue weighted by Crippen LogP contribution is 2.43. The summed E-state index contributed by atoms with van der Waals surface area (Å²) in [5, 5.41) is 15.1. The summed E-state index contributed by atoms with van der Waals surface area (Å²) in [5.41, 5.74) is 8.05. The maximum absolute atomic E-state index is 8.60. The summed E-state index contributed by atoms with van der Waals surface area (Å²) >= 11 is 0. The third kappa shape index (κ3) is 3.26. The number of amidine groups is 1. The normalized spacial score (nSPS) is 18.1. The van der Waals surface area contributed by atoms with Gasteiger partial charge in [-0.2, -0.15) is 0 Å². The molecule has 1 aromatic rings. The fourth-order valence-electron chi connectivity index (χ4n) is 2.66. The Morgan fingerprint density at radius 3 is 2.53 bits per heavy atom. The number of hydrogen-bond donors (Lipinski definition) is 3. The van der Waals surface area contributed by atoms with Crippen LogP contribution in [0.3, 0.4) is 0 Å². The van der Waals surface area contributed by atoms with Crippen molar-refractivity contribution >= 4 is 5.84 Å². The topological polar surface area (TPSA) is 70.6 Å². The van der Waals surface area contributed by atoms with E-state index in [0.29, 0.717) is 5.41 Å². The van der Waals surface area contributed by atoms with Gasteiger partial charge in [0.1, 0.15) is 0 Å². The molecule has 0 heterocycles. The highest BCUT2D eigenvalue weighted by Gasteiger charge is 2.34. The molecule has 0 amide bonds. The first kappa shape index (κ1) is 13.9. The molecule has 0 aromatic heterocycles. The number of nitrogens with zero attached hydrogens (tertiary/aromatic N) is 1. The molecule has 1 fully saturated rings. The number of rotatable bonds is 6. The van der Waals surface area contributed by atoms with Crippen LogP contribution in [0.1, 0.15) is 43.7 Å². The standard InChI is InChI=1S/C15H23N3O/c1-2-15(8-3-9-15)11-17-10-12-4-6-13(7-5-12)14(16)18-19/h4-7,17,19H,2-3,8-11H2,1H3,(H2,16,18).